The Morgan fingerprint density at radius 1 is 1.40 bits per heavy atom. The van der Waals surface area contributed by atoms with Gasteiger partial charge in [-0.25, -0.2) is 4.98 Å². The summed E-state index contributed by atoms with van der Waals surface area (Å²) >= 11 is 0. The molecule has 1 aromatic rings. The summed E-state index contributed by atoms with van der Waals surface area (Å²) < 4.78 is 0. The van der Waals surface area contributed by atoms with Gasteiger partial charge in [0.25, 0.3) is 0 Å². The van der Waals surface area contributed by atoms with Crippen LogP contribution in [0.3, 0.4) is 0 Å². The van der Waals surface area contributed by atoms with Gasteiger partial charge in [-0.2, -0.15) is 5.10 Å². The van der Waals surface area contributed by atoms with E-state index in [9.17, 15) is 0 Å². The first-order chi connectivity index (χ1) is 4.86. The minimum atomic E-state index is 0.917. The molecule has 0 aliphatic heterocycles. The van der Waals surface area contributed by atoms with Crippen LogP contribution >= 0.6 is 0 Å². The Morgan fingerprint density at radius 2 is 2.20 bits per heavy atom. The van der Waals surface area contributed by atoms with Crippen molar-refractivity contribution in [3.8, 4) is 0 Å². The Labute approximate surface area is 60.9 Å². The number of nitrogens with zero attached hydrogens (tertiary/aromatic N) is 2. The highest BCUT2D eigenvalue weighted by Gasteiger charge is 1.97. The van der Waals surface area contributed by atoms with E-state index in [0.29, 0.717) is 0 Å². The highest BCUT2D eigenvalue weighted by molar-refractivity contribution is 4.89. The first-order valence-electron chi connectivity index (χ1n) is 3.77. The van der Waals surface area contributed by atoms with Gasteiger partial charge in [0, 0.05) is 12.8 Å². The highest BCUT2D eigenvalue weighted by Crippen LogP contribution is 1.95. The fraction of sp³-hybridized carbons (Fsp3) is 0.714. The Balaban J connectivity index is 2.59. The van der Waals surface area contributed by atoms with E-state index in [0.717, 1.165) is 30.9 Å². The average molecular weight is 139 g/mol. The lowest BCUT2D eigenvalue weighted by Gasteiger charge is -1.85. The summed E-state index contributed by atoms with van der Waals surface area (Å²) in [6.07, 6.45) is 3.05. The van der Waals surface area contributed by atoms with Crippen LogP contribution in [0.5, 0.6) is 0 Å². The topological polar surface area (TPSA) is 41.6 Å². The molecule has 0 aliphatic rings. The van der Waals surface area contributed by atoms with Crippen LogP contribution in [0.2, 0.25) is 0 Å². The van der Waals surface area contributed by atoms with Crippen LogP contribution in [0.25, 0.3) is 0 Å². The number of H-pyrrole nitrogens is 1. The Bertz CT molecular complexity index is 192. The molecule has 0 saturated carbocycles. The Kier molecular flexibility index (Phi) is 2.42. The third-order valence-corrected chi connectivity index (χ3v) is 1.38. The molecule has 1 aromatic heterocycles. The molecule has 3 heteroatoms. The summed E-state index contributed by atoms with van der Waals surface area (Å²) in [5.41, 5.74) is 0. The van der Waals surface area contributed by atoms with Gasteiger partial charge in [0.1, 0.15) is 11.6 Å². The van der Waals surface area contributed by atoms with E-state index in [-0.39, 0.29) is 0 Å². The number of aromatic nitrogens is 3. The van der Waals surface area contributed by atoms with E-state index in [1.165, 1.54) is 0 Å². The van der Waals surface area contributed by atoms with Crippen LogP contribution in [-0.4, -0.2) is 15.2 Å². The molecule has 0 spiro atoms. The molecule has 0 saturated heterocycles. The van der Waals surface area contributed by atoms with Crippen LogP contribution in [0, 0.1) is 0 Å². The first-order valence-corrected chi connectivity index (χ1v) is 3.77. The van der Waals surface area contributed by atoms with Crippen molar-refractivity contribution >= 4 is 0 Å². The summed E-state index contributed by atoms with van der Waals surface area (Å²) in [6, 6.07) is 0. The average Bonchev–Trinajstić information content (AvgIpc) is 2.37. The van der Waals surface area contributed by atoms with Crippen LogP contribution in [0.1, 0.15) is 31.9 Å². The van der Waals surface area contributed by atoms with Crippen LogP contribution in [-0.2, 0) is 12.8 Å². The van der Waals surface area contributed by atoms with Gasteiger partial charge in [-0.3, -0.25) is 5.10 Å². The minimum Gasteiger partial charge on any atom is -0.263 e. The summed E-state index contributed by atoms with van der Waals surface area (Å²) in [7, 11) is 0. The van der Waals surface area contributed by atoms with Crippen LogP contribution in [0.4, 0.5) is 0 Å². The maximum absolute atomic E-state index is 4.25. The second kappa shape index (κ2) is 3.34. The number of aromatic amines is 1. The third kappa shape index (κ3) is 1.56. The van der Waals surface area contributed by atoms with E-state index < -0.39 is 0 Å². The lowest BCUT2D eigenvalue weighted by Crippen LogP contribution is -1.85. The Morgan fingerprint density at radius 3 is 2.70 bits per heavy atom. The van der Waals surface area contributed by atoms with Crippen molar-refractivity contribution in [2.75, 3.05) is 0 Å². The molecule has 1 N–H and O–H groups in total. The lowest BCUT2D eigenvalue weighted by atomic mass is 10.3. The largest absolute Gasteiger partial charge is 0.263 e. The smallest absolute Gasteiger partial charge is 0.150 e. The van der Waals surface area contributed by atoms with E-state index in [1.54, 1.807) is 0 Å². The quantitative estimate of drug-likeness (QED) is 0.686. The zero-order valence-electron chi connectivity index (χ0n) is 6.52. The molecule has 1 rings (SSSR count). The van der Waals surface area contributed by atoms with Crippen molar-refractivity contribution < 1.29 is 0 Å². The van der Waals surface area contributed by atoms with E-state index in [2.05, 4.69) is 29.0 Å². The predicted molar refractivity (Wildman–Crippen MR) is 39.8 cm³/mol. The normalized spacial score (nSPS) is 10.2. The predicted octanol–water partition coefficient (Wildman–Crippen LogP) is 1.32. The Hall–Kier alpha value is -0.860. The summed E-state index contributed by atoms with van der Waals surface area (Å²) in [5.74, 6) is 1.93. The zero-order chi connectivity index (χ0) is 7.40. The fourth-order valence-electron chi connectivity index (χ4n) is 0.842. The second-order valence-electron chi connectivity index (χ2n) is 2.30. The number of aryl methyl sites for hydroxylation is 2. The van der Waals surface area contributed by atoms with Crippen molar-refractivity contribution in [3.05, 3.63) is 11.6 Å². The molecule has 0 fully saturated rings. The standard InChI is InChI=1S/C7H13N3/c1-3-5-7-8-6(4-2)9-10-7/h3-5H2,1-2H3,(H,8,9,10). The van der Waals surface area contributed by atoms with Crippen molar-refractivity contribution in [2.24, 2.45) is 0 Å². The third-order valence-electron chi connectivity index (χ3n) is 1.38. The van der Waals surface area contributed by atoms with Crippen LogP contribution < -0.4 is 0 Å². The van der Waals surface area contributed by atoms with Gasteiger partial charge in [0.2, 0.25) is 0 Å². The van der Waals surface area contributed by atoms with Gasteiger partial charge in [-0.1, -0.05) is 13.8 Å². The number of nitrogens with one attached hydrogen (secondary N) is 1. The molecule has 10 heavy (non-hydrogen) atoms. The molecular formula is C7H13N3. The highest BCUT2D eigenvalue weighted by atomic mass is 15.2. The van der Waals surface area contributed by atoms with Gasteiger partial charge in [0.05, 0.1) is 0 Å². The van der Waals surface area contributed by atoms with Gasteiger partial charge < -0.3 is 0 Å². The molecule has 0 amide bonds. The maximum Gasteiger partial charge on any atom is 0.150 e. The van der Waals surface area contributed by atoms with E-state index in [1.807, 2.05) is 0 Å². The molecule has 0 aromatic carbocycles. The zero-order valence-corrected chi connectivity index (χ0v) is 6.52. The number of hydrogen-bond donors (Lipinski definition) is 1. The summed E-state index contributed by atoms with van der Waals surface area (Å²) in [6.45, 7) is 4.19. The lowest BCUT2D eigenvalue weighted by molar-refractivity contribution is 0.841. The molecule has 0 aliphatic carbocycles. The molecule has 3 nitrogen and oxygen atoms in total. The summed E-state index contributed by atoms with van der Waals surface area (Å²) in [4.78, 5) is 4.25. The molecule has 0 unspecified atom stereocenters. The number of hydrogen-bond acceptors (Lipinski definition) is 2. The van der Waals surface area contributed by atoms with Gasteiger partial charge in [0.15, 0.2) is 0 Å². The minimum absolute atomic E-state index is 0.917. The van der Waals surface area contributed by atoms with Gasteiger partial charge in [-0.05, 0) is 6.42 Å². The molecule has 0 radical (unpaired) electrons. The molecule has 0 atom stereocenters. The SMILES string of the molecule is CCCc1nc(CC)n[nH]1. The monoisotopic (exact) mass is 139 g/mol. The molecule has 56 valence electrons. The van der Waals surface area contributed by atoms with Crippen LogP contribution in [0.15, 0.2) is 0 Å². The fourth-order valence-corrected chi connectivity index (χ4v) is 0.842. The van der Waals surface area contributed by atoms with E-state index >= 15 is 0 Å². The molecular weight excluding hydrogens is 126 g/mol. The molecule has 1 heterocycles. The van der Waals surface area contributed by atoms with Crippen molar-refractivity contribution in [1.82, 2.24) is 15.2 Å². The van der Waals surface area contributed by atoms with E-state index in [4.69, 9.17) is 0 Å². The summed E-state index contributed by atoms with van der Waals surface area (Å²) in [5, 5.41) is 6.91. The van der Waals surface area contributed by atoms with Crippen molar-refractivity contribution in [2.45, 2.75) is 33.1 Å². The van der Waals surface area contributed by atoms with Gasteiger partial charge in [-0.15, -0.1) is 0 Å². The van der Waals surface area contributed by atoms with Gasteiger partial charge >= 0.3 is 0 Å². The van der Waals surface area contributed by atoms with Crippen molar-refractivity contribution in [3.63, 3.8) is 0 Å². The second-order valence-corrected chi connectivity index (χ2v) is 2.30. The number of rotatable bonds is 3. The molecule has 0 bridgehead atoms. The first kappa shape index (κ1) is 7.25. The maximum atomic E-state index is 4.25. The van der Waals surface area contributed by atoms with Crippen molar-refractivity contribution in [1.29, 1.82) is 0 Å².